The van der Waals surface area contributed by atoms with Gasteiger partial charge in [-0.05, 0) is 12.1 Å². The van der Waals surface area contributed by atoms with Crippen molar-refractivity contribution in [2.45, 2.75) is 33.2 Å². The van der Waals surface area contributed by atoms with Crippen molar-refractivity contribution in [1.82, 2.24) is 5.32 Å². The Morgan fingerprint density at radius 1 is 1.32 bits per heavy atom. The molecule has 0 aromatic heterocycles. The van der Waals surface area contributed by atoms with Gasteiger partial charge in [0.25, 0.3) is 0 Å². The molecule has 140 valence electrons. The van der Waals surface area contributed by atoms with Crippen LogP contribution in [0.3, 0.4) is 0 Å². The molecule has 1 amide bonds. The first kappa shape index (κ1) is 20.4. The lowest BCUT2D eigenvalue weighted by Gasteiger charge is -2.30. The summed E-state index contributed by atoms with van der Waals surface area (Å²) in [6.07, 6.45) is 1.99. The van der Waals surface area contributed by atoms with Crippen LogP contribution in [0.4, 0.5) is 0 Å². The number of piperidine rings is 1. The molecule has 0 atom stereocenters. The molecule has 0 unspecified atom stereocenters. The van der Waals surface area contributed by atoms with E-state index in [-0.39, 0.29) is 17.2 Å². The SMILES string of the molecule is C[NH+](C)CC(C)(C)CNC(=O)C1CC[NH+](Cc2cccc(Br)c2)CC1. The van der Waals surface area contributed by atoms with Crippen LogP contribution in [0.1, 0.15) is 32.3 Å². The molecule has 0 saturated carbocycles. The van der Waals surface area contributed by atoms with Crippen LogP contribution in [-0.4, -0.2) is 46.2 Å². The van der Waals surface area contributed by atoms with E-state index in [4.69, 9.17) is 0 Å². The van der Waals surface area contributed by atoms with E-state index in [1.54, 1.807) is 4.90 Å². The molecule has 5 heteroatoms. The smallest absolute Gasteiger partial charge is 0.223 e. The standard InChI is InChI=1S/C20H32BrN3O/c1-20(2,15-23(3)4)14-22-19(25)17-8-10-24(11-9-17)13-16-6-5-7-18(21)12-16/h5-7,12,17H,8-11,13-15H2,1-4H3,(H,22,25)/p+2. The van der Waals surface area contributed by atoms with Crippen LogP contribution in [-0.2, 0) is 11.3 Å². The van der Waals surface area contributed by atoms with Crippen LogP contribution >= 0.6 is 15.9 Å². The molecular formula is C20H34BrN3O+2. The first-order valence-electron chi connectivity index (χ1n) is 9.40. The zero-order valence-corrected chi connectivity index (χ0v) is 17.7. The molecule has 1 aromatic rings. The molecule has 0 spiro atoms. The Morgan fingerprint density at radius 2 is 2.00 bits per heavy atom. The second kappa shape index (κ2) is 9.15. The van der Waals surface area contributed by atoms with E-state index in [2.05, 4.69) is 73.5 Å². The Hall–Kier alpha value is -0.910. The number of amides is 1. The van der Waals surface area contributed by atoms with Crippen LogP contribution in [0.5, 0.6) is 0 Å². The van der Waals surface area contributed by atoms with Gasteiger partial charge in [-0.3, -0.25) is 4.79 Å². The average molecular weight is 412 g/mol. The maximum atomic E-state index is 12.5. The number of benzene rings is 1. The molecule has 1 aromatic carbocycles. The van der Waals surface area contributed by atoms with E-state index in [1.807, 2.05) is 0 Å². The molecule has 1 aliphatic heterocycles. The third-order valence-electron chi connectivity index (χ3n) is 4.98. The quantitative estimate of drug-likeness (QED) is 0.601. The van der Waals surface area contributed by atoms with Gasteiger partial charge in [-0.2, -0.15) is 0 Å². The fourth-order valence-corrected chi connectivity index (χ4v) is 4.34. The Bertz CT molecular complexity index is 566. The lowest BCUT2D eigenvalue weighted by atomic mass is 9.91. The summed E-state index contributed by atoms with van der Waals surface area (Å²) in [6, 6.07) is 8.54. The van der Waals surface area contributed by atoms with Crippen molar-refractivity contribution in [2.75, 3.05) is 40.3 Å². The third-order valence-corrected chi connectivity index (χ3v) is 5.47. The number of nitrogens with one attached hydrogen (secondary N) is 3. The van der Waals surface area contributed by atoms with Gasteiger partial charge in [0, 0.05) is 40.8 Å². The largest absolute Gasteiger partial charge is 0.355 e. The predicted octanol–water partition coefficient (Wildman–Crippen LogP) is 0.531. The van der Waals surface area contributed by atoms with Crippen LogP contribution in [0.15, 0.2) is 28.7 Å². The summed E-state index contributed by atoms with van der Waals surface area (Å²) in [5.41, 5.74) is 1.50. The van der Waals surface area contributed by atoms with E-state index in [1.165, 1.54) is 10.5 Å². The van der Waals surface area contributed by atoms with Gasteiger partial charge in [-0.1, -0.05) is 41.9 Å². The summed E-state index contributed by atoms with van der Waals surface area (Å²) < 4.78 is 1.14. The van der Waals surface area contributed by atoms with Gasteiger partial charge in [-0.25, -0.2) is 0 Å². The van der Waals surface area contributed by atoms with E-state index in [0.717, 1.165) is 50.0 Å². The first-order valence-corrected chi connectivity index (χ1v) is 10.2. The van der Waals surface area contributed by atoms with Gasteiger partial charge < -0.3 is 15.1 Å². The average Bonchev–Trinajstić information content (AvgIpc) is 2.52. The molecule has 25 heavy (non-hydrogen) atoms. The van der Waals surface area contributed by atoms with Gasteiger partial charge >= 0.3 is 0 Å². The molecule has 3 N–H and O–H groups in total. The van der Waals surface area contributed by atoms with Crippen molar-refractivity contribution < 1.29 is 14.6 Å². The van der Waals surface area contributed by atoms with Gasteiger partial charge in [0.05, 0.1) is 33.7 Å². The molecule has 4 nitrogen and oxygen atoms in total. The number of quaternary nitrogens is 2. The number of carbonyl (C=O) groups excluding carboxylic acids is 1. The number of rotatable bonds is 7. The van der Waals surface area contributed by atoms with Crippen molar-refractivity contribution >= 4 is 21.8 Å². The maximum Gasteiger partial charge on any atom is 0.223 e. The first-order chi connectivity index (χ1) is 11.7. The van der Waals surface area contributed by atoms with Gasteiger partial charge in [-0.15, -0.1) is 0 Å². The molecule has 1 heterocycles. The third kappa shape index (κ3) is 7.08. The normalized spacial score (nSPS) is 21.4. The van der Waals surface area contributed by atoms with Gasteiger partial charge in [0.2, 0.25) is 5.91 Å². The van der Waals surface area contributed by atoms with Crippen LogP contribution in [0.2, 0.25) is 0 Å². The van der Waals surface area contributed by atoms with Gasteiger partial charge in [0.15, 0.2) is 0 Å². The summed E-state index contributed by atoms with van der Waals surface area (Å²) >= 11 is 3.54. The summed E-state index contributed by atoms with van der Waals surface area (Å²) in [5, 5.41) is 3.20. The van der Waals surface area contributed by atoms with Gasteiger partial charge in [0.1, 0.15) is 6.54 Å². The van der Waals surface area contributed by atoms with Crippen LogP contribution in [0.25, 0.3) is 0 Å². The minimum absolute atomic E-state index is 0.140. The Morgan fingerprint density at radius 3 is 2.60 bits per heavy atom. The summed E-state index contributed by atoms with van der Waals surface area (Å²) in [7, 11) is 4.32. The number of carbonyl (C=O) groups is 1. The number of halogens is 1. The van der Waals surface area contributed by atoms with Crippen molar-refractivity contribution in [2.24, 2.45) is 11.3 Å². The molecule has 1 aliphatic rings. The highest BCUT2D eigenvalue weighted by molar-refractivity contribution is 9.10. The molecular weight excluding hydrogens is 378 g/mol. The number of likely N-dealkylation sites (tertiary alicyclic amines) is 1. The van der Waals surface area contributed by atoms with Crippen molar-refractivity contribution in [1.29, 1.82) is 0 Å². The maximum absolute atomic E-state index is 12.5. The summed E-state index contributed by atoms with van der Waals surface area (Å²) in [6.45, 7) is 9.48. The second-order valence-corrected chi connectivity index (χ2v) is 9.51. The fraction of sp³-hybridized carbons (Fsp3) is 0.650. The highest BCUT2D eigenvalue weighted by atomic mass is 79.9. The highest BCUT2D eigenvalue weighted by Gasteiger charge is 2.29. The van der Waals surface area contributed by atoms with E-state index in [9.17, 15) is 4.79 Å². The lowest BCUT2D eigenvalue weighted by molar-refractivity contribution is -0.919. The minimum Gasteiger partial charge on any atom is -0.355 e. The summed E-state index contributed by atoms with van der Waals surface area (Å²) in [5.74, 6) is 0.442. The summed E-state index contributed by atoms with van der Waals surface area (Å²) in [4.78, 5) is 15.5. The van der Waals surface area contributed by atoms with E-state index >= 15 is 0 Å². The fourth-order valence-electron chi connectivity index (χ4n) is 3.89. The molecule has 0 aliphatic carbocycles. The predicted molar refractivity (Wildman–Crippen MR) is 106 cm³/mol. The molecule has 1 saturated heterocycles. The van der Waals surface area contributed by atoms with Crippen LogP contribution < -0.4 is 15.1 Å². The Balaban J connectivity index is 1.74. The Kier molecular flexibility index (Phi) is 7.47. The molecule has 2 rings (SSSR count). The van der Waals surface area contributed by atoms with E-state index in [0.29, 0.717) is 0 Å². The number of hydrogen-bond acceptors (Lipinski definition) is 1. The molecule has 0 radical (unpaired) electrons. The highest BCUT2D eigenvalue weighted by Crippen LogP contribution is 2.14. The van der Waals surface area contributed by atoms with Crippen LogP contribution in [0, 0.1) is 11.3 Å². The zero-order chi connectivity index (χ0) is 18.4. The monoisotopic (exact) mass is 411 g/mol. The molecule has 1 fully saturated rings. The number of hydrogen-bond donors (Lipinski definition) is 3. The van der Waals surface area contributed by atoms with E-state index < -0.39 is 0 Å². The molecule has 0 bridgehead atoms. The van der Waals surface area contributed by atoms with Crippen molar-refractivity contribution in [3.05, 3.63) is 34.3 Å². The Labute approximate surface area is 161 Å². The van der Waals surface area contributed by atoms with Crippen molar-refractivity contribution in [3.63, 3.8) is 0 Å². The lowest BCUT2D eigenvalue weighted by Crippen LogP contribution is -3.11. The second-order valence-electron chi connectivity index (χ2n) is 8.60. The van der Waals surface area contributed by atoms with Crippen molar-refractivity contribution in [3.8, 4) is 0 Å². The zero-order valence-electron chi connectivity index (χ0n) is 16.1. The minimum atomic E-state index is 0.140. The topological polar surface area (TPSA) is 38.0 Å².